The van der Waals surface area contributed by atoms with Crippen LogP contribution < -0.4 is 10.6 Å². The van der Waals surface area contributed by atoms with Gasteiger partial charge < -0.3 is 20.7 Å². The second-order valence-corrected chi connectivity index (χ2v) is 6.24. The van der Waals surface area contributed by atoms with Crippen LogP contribution in [0.25, 0.3) is 10.9 Å². The van der Waals surface area contributed by atoms with Crippen molar-refractivity contribution in [3.8, 4) is 0 Å². The Morgan fingerprint density at radius 3 is 2.91 bits per heavy atom. The van der Waals surface area contributed by atoms with Gasteiger partial charge in [0, 0.05) is 23.0 Å². The highest BCUT2D eigenvalue weighted by molar-refractivity contribution is 6.04. The minimum Gasteiger partial charge on any atom is -0.394 e. The van der Waals surface area contributed by atoms with Crippen LogP contribution in [0, 0.1) is 0 Å². The molecule has 0 aliphatic carbocycles. The molecule has 2 heterocycles. The molecule has 1 aliphatic heterocycles. The van der Waals surface area contributed by atoms with E-state index in [1.54, 1.807) is 26.0 Å². The fraction of sp³-hybridized carbons (Fsp3) is 0.375. The number of nitrogens with one attached hydrogen (secondary N) is 3. The van der Waals surface area contributed by atoms with E-state index in [0.717, 1.165) is 22.9 Å². The van der Waals surface area contributed by atoms with Gasteiger partial charge in [0.1, 0.15) is 5.69 Å². The van der Waals surface area contributed by atoms with E-state index in [1.807, 2.05) is 6.07 Å². The number of fused-ring (bicyclic) bond motifs is 3. The molecule has 3 rings (SSSR count). The topological polar surface area (TPSA) is 94.2 Å². The number of aromatic amines is 1. The van der Waals surface area contributed by atoms with Gasteiger partial charge in [0.15, 0.2) is 0 Å². The van der Waals surface area contributed by atoms with Crippen molar-refractivity contribution in [2.45, 2.75) is 25.8 Å². The Kier molecular flexibility index (Phi) is 3.41. The lowest BCUT2D eigenvalue weighted by atomic mass is 10.0. The zero-order chi connectivity index (χ0) is 15.9. The second-order valence-electron chi connectivity index (χ2n) is 6.24. The number of carbonyl (C=O) groups is 2. The van der Waals surface area contributed by atoms with Crippen LogP contribution in [-0.2, 0) is 6.42 Å². The minimum absolute atomic E-state index is 0.107. The first-order valence-corrected chi connectivity index (χ1v) is 7.27. The van der Waals surface area contributed by atoms with Crippen LogP contribution in [0.5, 0.6) is 0 Å². The number of benzene rings is 1. The summed E-state index contributed by atoms with van der Waals surface area (Å²) in [5.74, 6) is -0.346. The van der Waals surface area contributed by atoms with Gasteiger partial charge in [0.2, 0.25) is 0 Å². The zero-order valence-electron chi connectivity index (χ0n) is 12.6. The number of H-pyrrole nitrogens is 1. The largest absolute Gasteiger partial charge is 0.394 e. The van der Waals surface area contributed by atoms with E-state index in [9.17, 15) is 14.7 Å². The summed E-state index contributed by atoms with van der Waals surface area (Å²) in [6.07, 6.45) is 0.744. The van der Waals surface area contributed by atoms with E-state index in [-0.39, 0.29) is 18.4 Å². The van der Waals surface area contributed by atoms with Crippen molar-refractivity contribution in [3.63, 3.8) is 0 Å². The summed E-state index contributed by atoms with van der Waals surface area (Å²) < 4.78 is 0. The summed E-state index contributed by atoms with van der Waals surface area (Å²) in [7, 11) is 0. The van der Waals surface area contributed by atoms with Crippen LogP contribution in [-0.4, -0.2) is 40.6 Å². The van der Waals surface area contributed by atoms with Crippen molar-refractivity contribution in [1.29, 1.82) is 0 Å². The van der Waals surface area contributed by atoms with Gasteiger partial charge in [0.05, 0.1) is 12.1 Å². The van der Waals surface area contributed by atoms with E-state index in [1.165, 1.54) is 0 Å². The normalized spacial score (nSPS) is 14.6. The lowest BCUT2D eigenvalue weighted by molar-refractivity contribution is 0.0868. The Balaban J connectivity index is 1.99. The Hall–Kier alpha value is -2.34. The Labute approximate surface area is 127 Å². The number of hydrogen-bond acceptors (Lipinski definition) is 3. The van der Waals surface area contributed by atoms with Gasteiger partial charge in [-0.3, -0.25) is 9.59 Å². The monoisotopic (exact) mass is 301 g/mol. The number of rotatable bonds is 3. The summed E-state index contributed by atoms with van der Waals surface area (Å²) in [5.41, 5.74) is 2.22. The van der Waals surface area contributed by atoms with Crippen LogP contribution in [0.2, 0.25) is 0 Å². The summed E-state index contributed by atoms with van der Waals surface area (Å²) >= 11 is 0. The van der Waals surface area contributed by atoms with E-state index in [4.69, 9.17) is 0 Å². The SMILES string of the molecule is CC(C)(CO)NC(=O)c1ccc2[nH]c3c(c2c1)CCNC3=O. The van der Waals surface area contributed by atoms with Crippen molar-refractivity contribution in [1.82, 2.24) is 15.6 Å². The first-order valence-electron chi connectivity index (χ1n) is 7.27. The van der Waals surface area contributed by atoms with Gasteiger partial charge in [-0.2, -0.15) is 0 Å². The van der Waals surface area contributed by atoms with Gasteiger partial charge in [-0.25, -0.2) is 0 Å². The van der Waals surface area contributed by atoms with Crippen LogP contribution >= 0.6 is 0 Å². The molecule has 116 valence electrons. The third-order valence-electron chi connectivity index (χ3n) is 3.90. The van der Waals surface area contributed by atoms with Crippen LogP contribution in [0.1, 0.15) is 40.3 Å². The van der Waals surface area contributed by atoms with E-state index < -0.39 is 5.54 Å². The van der Waals surface area contributed by atoms with Gasteiger partial charge in [0.25, 0.3) is 11.8 Å². The molecule has 2 amide bonds. The minimum atomic E-state index is -0.677. The molecule has 0 atom stereocenters. The lowest BCUT2D eigenvalue weighted by Gasteiger charge is -2.23. The Bertz CT molecular complexity index is 761. The predicted molar refractivity (Wildman–Crippen MR) is 83.0 cm³/mol. The van der Waals surface area contributed by atoms with Crippen LogP contribution in [0.4, 0.5) is 0 Å². The summed E-state index contributed by atoms with van der Waals surface area (Å²) in [4.78, 5) is 27.3. The maximum atomic E-state index is 12.3. The number of aliphatic hydroxyl groups excluding tert-OH is 1. The Morgan fingerprint density at radius 2 is 2.18 bits per heavy atom. The molecule has 6 heteroatoms. The molecule has 0 fully saturated rings. The van der Waals surface area contributed by atoms with Gasteiger partial charge in [-0.05, 0) is 44.0 Å². The molecule has 1 aromatic carbocycles. The molecular weight excluding hydrogens is 282 g/mol. The third kappa shape index (κ3) is 2.46. The van der Waals surface area contributed by atoms with Gasteiger partial charge in [-0.1, -0.05) is 0 Å². The first kappa shape index (κ1) is 14.6. The van der Waals surface area contributed by atoms with E-state index in [2.05, 4.69) is 15.6 Å². The maximum absolute atomic E-state index is 12.3. The molecule has 6 nitrogen and oxygen atoms in total. The molecule has 2 aromatic rings. The van der Waals surface area contributed by atoms with Crippen molar-refractivity contribution in [3.05, 3.63) is 35.0 Å². The average molecular weight is 301 g/mol. The number of hydrogen-bond donors (Lipinski definition) is 4. The number of amides is 2. The highest BCUT2D eigenvalue weighted by Gasteiger charge is 2.23. The van der Waals surface area contributed by atoms with Crippen LogP contribution in [0.15, 0.2) is 18.2 Å². The lowest BCUT2D eigenvalue weighted by Crippen LogP contribution is -2.46. The summed E-state index contributed by atoms with van der Waals surface area (Å²) in [6.45, 7) is 3.98. The quantitative estimate of drug-likeness (QED) is 0.680. The van der Waals surface area contributed by atoms with Gasteiger partial charge in [-0.15, -0.1) is 0 Å². The average Bonchev–Trinajstić information content (AvgIpc) is 2.86. The smallest absolute Gasteiger partial charge is 0.268 e. The van der Waals surface area contributed by atoms with E-state index >= 15 is 0 Å². The van der Waals surface area contributed by atoms with Crippen molar-refractivity contribution in [2.75, 3.05) is 13.2 Å². The molecule has 0 saturated carbocycles. The molecule has 22 heavy (non-hydrogen) atoms. The fourth-order valence-electron chi connectivity index (χ4n) is 2.65. The second kappa shape index (κ2) is 5.14. The molecule has 0 spiro atoms. The maximum Gasteiger partial charge on any atom is 0.268 e. The van der Waals surface area contributed by atoms with Gasteiger partial charge >= 0.3 is 0 Å². The molecule has 0 unspecified atom stereocenters. The predicted octanol–water partition coefficient (Wildman–Crippen LogP) is 0.955. The molecule has 0 bridgehead atoms. The summed E-state index contributed by atoms with van der Waals surface area (Å²) in [6, 6.07) is 5.32. The van der Waals surface area contributed by atoms with E-state index in [0.29, 0.717) is 17.8 Å². The number of aromatic nitrogens is 1. The fourth-order valence-corrected chi connectivity index (χ4v) is 2.65. The number of carbonyl (C=O) groups excluding carboxylic acids is 2. The molecule has 1 aromatic heterocycles. The molecule has 0 radical (unpaired) electrons. The van der Waals surface area contributed by atoms with Crippen molar-refractivity contribution < 1.29 is 14.7 Å². The number of aliphatic hydroxyl groups is 1. The molecule has 4 N–H and O–H groups in total. The van der Waals surface area contributed by atoms with Crippen molar-refractivity contribution in [2.24, 2.45) is 0 Å². The zero-order valence-corrected chi connectivity index (χ0v) is 12.6. The van der Waals surface area contributed by atoms with Crippen LogP contribution in [0.3, 0.4) is 0 Å². The third-order valence-corrected chi connectivity index (χ3v) is 3.90. The standard InChI is InChI=1S/C16H19N3O3/c1-16(2,8-20)19-14(21)9-3-4-12-11(7-9)10-5-6-17-15(22)13(10)18-12/h3-4,7,18,20H,5-6,8H2,1-2H3,(H,17,22)(H,19,21). The first-order chi connectivity index (χ1) is 10.4. The highest BCUT2D eigenvalue weighted by atomic mass is 16.3. The molecular formula is C16H19N3O3. The summed E-state index contributed by atoms with van der Waals surface area (Å²) in [5, 5.41) is 15.7. The molecule has 0 saturated heterocycles. The highest BCUT2D eigenvalue weighted by Crippen LogP contribution is 2.26. The molecule has 1 aliphatic rings. The van der Waals surface area contributed by atoms with Crippen molar-refractivity contribution >= 4 is 22.7 Å². The Morgan fingerprint density at radius 1 is 1.41 bits per heavy atom.